The van der Waals surface area contributed by atoms with Crippen LogP contribution in [0.2, 0.25) is 0 Å². The predicted molar refractivity (Wildman–Crippen MR) is 77.4 cm³/mol. The number of likely N-dealkylation sites (tertiary alicyclic amines) is 1. The van der Waals surface area contributed by atoms with Gasteiger partial charge in [0.15, 0.2) is 0 Å². The van der Waals surface area contributed by atoms with Gasteiger partial charge >= 0.3 is 12.1 Å². The first-order chi connectivity index (χ1) is 9.19. The van der Waals surface area contributed by atoms with Crippen LogP contribution >= 0.6 is 0 Å². The molecular formula is C14H26N2O4. The fraction of sp³-hybridized carbons (Fsp3) is 0.714. The average molecular weight is 286 g/mol. The summed E-state index contributed by atoms with van der Waals surface area (Å²) in [4.78, 5) is 22.4. The second-order valence-electron chi connectivity index (χ2n) is 5.69. The highest BCUT2D eigenvalue weighted by atomic mass is 16.6. The topological polar surface area (TPSA) is 92.9 Å². The van der Waals surface area contributed by atoms with Crippen molar-refractivity contribution in [3.05, 3.63) is 12.7 Å². The number of nitrogens with two attached hydrogens (primary N) is 1. The first-order valence-electron chi connectivity index (χ1n) is 6.73. The van der Waals surface area contributed by atoms with Crippen LogP contribution in [-0.4, -0.2) is 47.3 Å². The number of ether oxygens (including phenoxy) is 1. The molecule has 1 amide bonds. The van der Waals surface area contributed by atoms with Gasteiger partial charge in [0, 0.05) is 19.2 Å². The van der Waals surface area contributed by atoms with Gasteiger partial charge in [-0.05, 0) is 46.1 Å². The fourth-order valence-electron chi connectivity index (χ4n) is 1.70. The van der Waals surface area contributed by atoms with E-state index in [0.717, 1.165) is 18.9 Å². The third-order valence-electron chi connectivity index (χ3n) is 2.79. The lowest BCUT2D eigenvalue weighted by Crippen LogP contribution is -2.39. The normalized spacial score (nSPS) is 15.9. The van der Waals surface area contributed by atoms with Crippen LogP contribution in [0.3, 0.4) is 0 Å². The molecule has 6 heteroatoms. The maximum atomic E-state index is 10.5. The Kier molecular flexibility index (Phi) is 7.91. The summed E-state index contributed by atoms with van der Waals surface area (Å²) in [6, 6.07) is 0. The molecule has 0 aliphatic carbocycles. The molecule has 1 aliphatic heterocycles. The second-order valence-corrected chi connectivity index (χ2v) is 5.69. The molecule has 0 aromatic rings. The fourth-order valence-corrected chi connectivity index (χ4v) is 1.70. The minimum Gasteiger partial charge on any atom is -0.465 e. The number of hydrogen-bond donors (Lipinski definition) is 2. The van der Waals surface area contributed by atoms with E-state index in [9.17, 15) is 9.59 Å². The highest BCUT2D eigenvalue weighted by molar-refractivity contribution is 5.81. The number of rotatable bonds is 2. The van der Waals surface area contributed by atoms with Crippen molar-refractivity contribution in [1.29, 1.82) is 0 Å². The highest BCUT2D eigenvalue weighted by Crippen LogP contribution is 2.15. The van der Waals surface area contributed by atoms with Crippen LogP contribution in [0, 0.1) is 5.92 Å². The molecule has 0 bridgehead atoms. The quantitative estimate of drug-likeness (QED) is 0.597. The zero-order valence-electron chi connectivity index (χ0n) is 12.6. The molecule has 0 saturated carbocycles. The summed E-state index contributed by atoms with van der Waals surface area (Å²) in [5.41, 5.74) is 5.06. The molecule has 0 unspecified atom stereocenters. The van der Waals surface area contributed by atoms with Gasteiger partial charge < -0.3 is 20.5 Å². The lowest BCUT2D eigenvalue weighted by Gasteiger charge is -2.28. The van der Waals surface area contributed by atoms with Gasteiger partial charge in [0.1, 0.15) is 5.60 Å². The van der Waals surface area contributed by atoms with Gasteiger partial charge in [-0.25, -0.2) is 9.59 Å². The SMILES string of the molecule is C=CC(=O)OC(C)(C)C.NCC1CCN(C(=O)O)CC1. The average Bonchev–Trinajstić information content (AvgIpc) is 2.37. The van der Waals surface area contributed by atoms with E-state index >= 15 is 0 Å². The third-order valence-corrected chi connectivity index (χ3v) is 2.79. The van der Waals surface area contributed by atoms with Crippen molar-refractivity contribution in [2.75, 3.05) is 19.6 Å². The summed E-state index contributed by atoms with van der Waals surface area (Å²) in [7, 11) is 0. The van der Waals surface area contributed by atoms with Crippen LogP contribution < -0.4 is 5.73 Å². The van der Waals surface area contributed by atoms with E-state index in [2.05, 4.69) is 6.58 Å². The molecule has 1 fully saturated rings. The summed E-state index contributed by atoms with van der Waals surface area (Å²) >= 11 is 0. The van der Waals surface area contributed by atoms with Crippen LogP contribution in [0.5, 0.6) is 0 Å². The zero-order chi connectivity index (χ0) is 15.8. The predicted octanol–water partition coefficient (Wildman–Crippen LogP) is 1.85. The Hall–Kier alpha value is -1.56. The Labute approximate surface area is 120 Å². The molecule has 116 valence electrons. The van der Waals surface area contributed by atoms with Crippen molar-refractivity contribution in [3.63, 3.8) is 0 Å². The number of carboxylic acid groups (broad SMARTS) is 1. The maximum Gasteiger partial charge on any atom is 0.407 e. The van der Waals surface area contributed by atoms with E-state index in [-0.39, 0.29) is 5.97 Å². The number of hydrogen-bond acceptors (Lipinski definition) is 4. The van der Waals surface area contributed by atoms with Crippen LogP contribution in [0.25, 0.3) is 0 Å². The Morgan fingerprint density at radius 2 is 1.90 bits per heavy atom. The van der Waals surface area contributed by atoms with Crippen molar-refractivity contribution < 1.29 is 19.4 Å². The highest BCUT2D eigenvalue weighted by Gasteiger charge is 2.20. The van der Waals surface area contributed by atoms with Crippen LogP contribution in [0.15, 0.2) is 12.7 Å². The van der Waals surface area contributed by atoms with Crippen molar-refractivity contribution in [2.24, 2.45) is 11.7 Å². The van der Waals surface area contributed by atoms with Gasteiger partial charge in [-0.3, -0.25) is 0 Å². The second kappa shape index (κ2) is 8.58. The molecular weight excluding hydrogens is 260 g/mol. The molecule has 1 saturated heterocycles. The van der Waals surface area contributed by atoms with Crippen molar-refractivity contribution in [3.8, 4) is 0 Å². The summed E-state index contributed by atoms with van der Waals surface area (Å²) in [6.07, 6.45) is 2.19. The molecule has 1 aliphatic rings. The number of nitrogens with zero attached hydrogens (tertiary/aromatic N) is 1. The number of carbonyl (C=O) groups is 2. The van der Waals surface area contributed by atoms with E-state index < -0.39 is 11.7 Å². The molecule has 6 nitrogen and oxygen atoms in total. The van der Waals surface area contributed by atoms with Gasteiger partial charge in [-0.15, -0.1) is 0 Å². The number of carbonyl (C=O) groups excluding carboxylic acids is 1. The first kappa shape index (κ1) is 18.4. The molecule has 0 aromatic carbocycles. The van der Waals surface area contributed by atoms with Crippen LogP contribution in [0.4, 0.5) is 4.79 Å². The molecule has 0 radical (unpaired) electrons. The Morgan fingerprint density at radius 3 is 2.15 bits per heavy atom. The first-order valence-corrected chi connectivity index (χ1v) is 6.73. The van der Waals surface area contributed by atoms with Gasteiger partial charge in [0.25, 0.3) is 0 Å². The monoisotopic (exact) mass is 286 g/mol. The maximum absolute atomic E-state index is 10.5. The molecule has 20 heavy (non-hydrogen) atoms. The number of amides is 1. The number of esters is 1. The lowest BCUT2D eigenvalue weighted by molar-refractivity contribution is -0.148. The van der Waals surface area contributed by atoms with Crippen molar-refractivity contribution in [1.82, 2.24) is 4.90 Å². The Balaban J connectivity index is 0.000000370. The van der Waals surface area contributed by atoms with Gasteiger partial charge in [-0.2, -0.15) is 0 Å². The Morgan fingerprint density at radius 1 is 1.40 bits per heavy atom. The van der Waals surface area contributed by atoms with E-state index in [1.165, 1.54) is 4.90 Å². The summed E-state index contributed by atoms with van der Waals surface area (Å²) in [5.74, 6) is 0.160. The smallest absolute Gasteiger partial charge is 0.407 e. The summed E-state index contributed by atoms with van der Waals surface area (Å²) in [5, 5.41) is 8.59. The Bertz CT molecular complexity index is 329. The molecule has 0 spiro atoms. The largest absolute Gasteiger partial charge is 0.465 e. The van der Waals surface area contributed by atoms with E-state index in [4.69, 9.17) is 15.6 Å². The molecule has 1 rings (SSSR count). The third kappa shape index (κ3) is 8.53. The number of piperidine rings is 1. The molecule has 0 aromatic heterocycles. The van der Waals surface area contributed by atoms with Gasteiger partial charge in [0.2, 0.25) is 0 Å². The van der Waals surface area contributed by atoms with Crippen LogP contribution in [0.1, 0.15) is 33.6 Å². The standard InChI is InChI=1S/C7H14N2O2.C7H12O2/c8-5-6-1-3-9(4-2-6)7(10)11;1-5-6(8)9-7(2,3)4/h6H,1-5,8H2,(H,10,11);5H,1H2,2-4H3. The van der Waals surface area contributed by atoms with E-state index in [1.54, 1.807) is 0 Å². The zero-order valence-corrected chi connectivity index (χ0v) is 12.6. The van der Waals surface area contributed by atoms with E-state index in [0.29, 0.717) is 25.6 Å². The van der Waals surface area contributed by atoms with Gasteiger partial charge in [-0.1, -0.05) is 6.58 Å². The van der Waals surface area contributed by atoms with Gasteiger partial charge in [0.05, 0.1) is 0 Å². The summed E-state index contributed by atoms with van der Waals surface area (Å²) < 4.78 is 4.83. The lowest BCUT2D eigenvalue weighted by atomic mass is 9.97. The molecule has 1 heterocycles. The molecule has 3 N–H and O–H groups in total. The minimum absolute atomic E-state index is 0.373. The van der Waals surface area contributed by atoms with E-state index in [1.807, 2.05) is 20.8 Å². The minimum atomic E-state index is -0.805. The summed E-state index contributed by atoms with van der Waals surface area (Å²) in [6.45, 7) is 10.7. The van der Waals surface area contributed by atoms with Crippen LogP contribution in [-0.2, 0) is 9.53 Å². The van der Waals surface area contributed by atoms with Crippen molar-refractivity contribution in [2.45, 2.75) is 39.2 Å². The van der Waals surface area contributed by atoms with Crippen molar-refractivity contribution >= 4 is 12.1 Å². The molecule has 0 atom stereocenters.